The van der Waals surface area contributed by atoms with Crippen LogP contribution in [0.4, 0.5) is 0 Å². The summed E-state index contributed by atoms with van der Waals surface area (Å²) >= 11 is 0. The first kappa shape index (κ1) is 55.7. The molecule has 21 nitrogen and oxygen atoms in total. The van der Waals surface area contributed by atoms with Crippen LogP contribution in [0.5, 0.6) is 0 Å². The normalized spacial score (nSPS) is 13.2. The van der Waals surface area contributed by atoms with Crippen molar-refractivity contribution in [2.45, 2.75) is 77.2 Å². The van der Waals surface area contributed by atoms with Crippen molar-refractivity contribution in [2.24, 2.45) is 11.7 Å². The zero-order valence-electron chi connectivity index (χ0n) is 34.6. The van der Waals surface area contributed by atoms with Crippen LogP contribution in [0.3, 0.4) is 0 Å². The van der Waals surface area contributed by atoms with E-state index in [0.29, 0.717) is 46.0 Å². The fourth-order valence-electron chi connectivity index (χ4n) is 4.95. The molecule has 0 aliphatic carbocycles. The molecule has 0 saturated heterocycles. The summed E-state index contributed by atoms with van der Waals surface area (Å²) in [5.74, 6) is -5.26. The Kier molecular flexibility index (Phi) is 35.6. The lowest BCUT2D eigenvalue weighted by atomic mass is 10.1. The molecular weight excluding hydrogens is 801 g/mol. The van der Waals surface area contributed by atoms with Crippen molar-refractivity contribution in [3.8, 4) is 0 Å². The van der Waals surface area contributed by atoms with E-state index < -0.39 is 67.7 Å². The van der Waals surface area contributed by atoms with Crippen molar-refractivity contribution in [2.75, 3.05) is 118 Å². The number of carbonyl (C=O) groups is 6. The number of ether oxygens (including phenoxy) is 6. The van der Waals surface area contributed by atoms with Crippen LogP contribution in [-0.4, -0.2) is 175 Å². The van der Waals surface area contributed by atoms with Gasteiger partial charge in [0.05, 0.1) is 97.7 Å². The van der Waals surface area contributed by atoms with E-state index in [4.69, 9.17) is 44.4 Å². The summed E-state index contributed by atoms with van der Waals surface area (Å²) in [4.78, 5) is 80.0. The maximum atomic E-state index is 12.3. The van der Waals surface area contributed by atoms with Crippen LogP contribution < -0.4 is 27.0 Å². The molecule has 344 valence electrons. The van der Waals surface area contributed by atoms with Crippen LogP contribution in [0.25, 0.3) is 0 Å². The fraction of sp³-hybridized carbons (Fsp3) is 0.838. The fourth-order valence-corrected chi connectivity index (χ4v) is 6.71. The van der Waals surface area contributed by atoms with Crippen molar-refractivity contribution in [1.29, 1.82) is 0 Å². The van der Waals surface area contributed by atoms with Gasteiger partial charge in [0.15, 0.2) is 0 Å². The van der Waals surface area contributed by atoms with Crippen LogP contribution in [0.2, 0.25) is 0 Å². The van der Waals surface area contributed by atoms with Crippen LogP contribution in [-0.2, 0) is 61.8 Å². The summed E-state index contributed by atoms with van der Waals surface area (Å²) in [5, 5.41) is 28.5. The van der Waals surface area contributed by atoms with Crippen LogP contribution in [0, 0.1) is 5.92 Å². The topological polar surface area (TPSA) is 310 Å². The average Bonchev–Trinajstić information content (AvgIpc) is 3.18. The second kappa shape index (κ2) is 37.7. The van der Waals surface area contributed by atoms with Crippen molar-refractivity contribution in [1.82, 2.24) is 21.3 Å². The minimum absolute atomic E-state index is 0.0116. The number of carboxylic acid groups (broad SMARTS) is 2. The van der Waals surface area contributed by atoms with Crippen molar-refractivity contribution < 1.29 is 76.9 Å². The van der Waals surface area contributed by atoms with Crippen molar-refractivity contribution in [3.05, 3.63) is 0 Å². The van der Waals surface area contributed by atoms with Gasteiger partial charge in [-0.2, -0.15) is 0 Å². The highest BCUT2D eigenvalue weighted by Crippen LogP contribution is 2.44. The molecule has 0 aromatic carbocycles. The molecule has 0 aliphatic rings. The van der Waals surface area contributed by atoms with Crippen molar-refractivity contribution in [3.63, 3.8) is 0 Å². The van der Waals surface area contributed by atoms with Gasteiger partial charge in [0.2, 0.25) is 31.0 Å². The van der Waals surface area contributed by atoms with Gasteiger partial charge in [-0.25, -0.2) is 0 Å². The minimum Gasteiger partial charge on any atom is -0.481 e. The summed E-state index contributed by atoms with van der Waals surface area (Å²) in [6.07, 6.45) is 3.82. The molecule has 3 unspecified atom stereocenters. The molecule has 22 heteroatoms. The second-order valence-corrected chi connectivity index (χ2v) is 16.0. The molecule has 0 rings (SSSR count). The monoisotopic (exact) mass is 871 g/mol. The number of amides is 4. The third kappa shape index (κ3) is 37.5. The van der Waals surface area contributed by atoms with E-state index in [1.165, 1.54) is 19.3 Å². The molecule has 0 aromatic heterocycles. The highest BCUT2D eigenvalue weighted by atomic mass is 31.2. The van der Waals surface area contributed by atoms with E-state index in [0.717, 1.165) is 12.8 Å². The van der Waals surface area contributed by atoms with Gasteiger partial charge in [0, 0.05) is 57.8 Å². The lowest BCUT2D eigenvalue weighted by molar-refractivity contribution is -0.142. The first-order valence-electron chi connectivity index (χ1n) is 20.3. The van der Waals surface area contributed by atoms with Crippen LogP contribution in [0.15, 0.2) is 0 Å². The molecule has 59 heavy (non-hydrogen) atoms. The maximum Gasteiger partial charge on any atom is 0.307 e. The van der Waals surface area contributed by atoms with Crippen LogP contribution >= 0.6 is 7.37 Å². The predicted molar refractivity (Wildman–Crippen MR) is 215 cm³/mol. The molecule has 0 fully saturated rings. The summed E-state index contributed by atoms with van der Waals surface area (Å²) in [7, 11) is -3.96. The van der Waals surface area contributed by atoms with E-state index >= 15 is 0 Å². The van der Waals surface area contributed by atoms with Gasteiger partial charge in [-0.15, -0.1) is 0 Å². The van der Waals surface area contributed by atoms with E-state index in [2.05, 4.69) is 28.2 Å². The van der Waals surface area contributed by atoms with Gasteiger partial charge in [-0.3, -0.25) is 33.3 Å². The first-order chi connectivity index (χ1) is 28.3. The standard InChI is InChI=1S/C37H70N5O16P/c1-2-3-4-5-6-11-39-32(43)9-15-53-19-23-57-26-22-56-18-14-42-36(48)31(38)28-34(45)41-13-17-55-21-25-58-24-20-54-16-12-40-33(44)10-27-59(51,52)29-30(37(49)50)7-8-35(46)47/h30-31H,2-29,38H2,1H3,(H,39,43)(H,40,44)(H,41,45)(H,42,48)(H,46,47)(H,49,50)(H,51,52). The highest BCUT2D eigenvalue weighted by molar-refractivity contribution is 7.58. The predicted octanol–water partition coefficient (Wildman–Crippen LogP) is -0.145. The number of rotatable bonds is 42. The third-order valence-corrected chi connectivity index (χ3v) is 10.2. The van der Waals surface area contributed by atoms with E-state index in [1.54, 1.807) is 0 Å². The van der Waals surface area contributed by atoms with Gasteiger partial charge in [0.1, 0.15) is 0 Å². The molecule has 3 atom stereocenters. The number of hydrogen-bond acceptors (Lipinski definition) is 14. The number of nitrogens with two attached hydrogens (primary N) is 1. The molecule has 4 amide bonds. The number of aliphatic carboxylic acids is 2. The smallest absolute Gasteiger partial charge is 0.307 e. The molecule has 0 aromatic rings. The Labute approximate surface area is 347 Å². The van der Waals surface area contributed by atoms with Gasteiger partial charge >= 0.3 is 11.9 Å². The Morgan fingerprint density at radius 2 is 1.03 bits per heavy atom. The third-order valence-electron chi connectivity index (χ3n) is 8.24. The average molecular weight is 872 g/mol. The second-order valence-electron chi connectivity index (χ2n) is 13.5. The number of carboxylic acids is 2. The zero-order chi connectivity index (χ0) is 44.0. The Morgan fingerprint density at radius 3 is 1.56 bits per heavy atom. The summed E-state index contributed by atoms with van der Waals surface area (Å²) in [5.41, 5.74) is 5.83. The Balaban J connectivity index is 3.63. The number of unbranched alkanes of at least 4 members (excludes halogenated alkanes) is 4. The molecule has 0 radical (unpaired) electrons. The van der Waals surface area contributed by atoms with E-state index in [9.17, 15) is 38.2 Å². The first-order valence-corrected chi connectivity index (χ1v) is 22.4. The minimum atomic E-state index is -3.96. The molecule has 0 saturated carbocycles. The largest absolute Gasteiger partial charge is 0.481 e. The summed E-state index contributed by atoms with van der Waals surface area (Å²) < 4.78 is 44.7. The van der Waals surface area contributed by atoms with Crippen molar-refractivity contribution >= 4 is 42.9 Å². The van der Waals surface area contributed by atoms with Gasteiger partial charge < -0.3 is 70.5 Å². The Bertz CT molecular complexity index is 1220. The number of nitrogens with one attached hydrogen (secondary N) is 4. The van der Waals surface area contributed by atoms with Gasteiger partial charge in [-0.05, 0) is 12.8 Å². The Morgan fingerprint density at radius 1 is 0.576 bits per heavy atom. The molecule has 0 heterocycles. The highest BCUT2D eigenvalue weighted by Gasteiger charge is 2.29. The van der Waals surface area contributed by atoms with E-state index in [-0.39, 0.29) is 91.1 Å². The maximum absolute atomic E-state index is 12.3. The number of carbonyl (C=O) groups excluding carboxylic acids is 4. The van der Waals surface area contributed by atoms with Crippen LogP contribution in [0.1, 0.15) is 71.1 Å². The summed E-state index contributed by atoms with van der Waals surface area (Å²) in [6, 6.07) is -1.02. The van der Waals surface area contributed by atoms with Gasteiger partial charge in [-0.1, -0.05) is 32.6 Å². The molecule has 0 spiro atoms. The number of hydrogen-bond donors (Lipinski definition) is 8. The molecule has 0 aliphatic heterocycles. The quantitative estimate of drug-likeness (QED) is 0.0292. The molecule has 0 bridgehead atoms. The van der Waals surface area contributed by atoms with Gasteiger partial charge in [0.25, 0.3) is 0 Å². The lowest BCUT2D eigenvalue weighted by Crippen LogP contribution is -2.45. The van der Waals surface area contributed by atoms with E-state index in [1.807, 2.05) is 0 Å². The molecule has 9 N–H and O–H groups in total. The SMILES string of the molecule is CCCCCCCNC(=O)CCOCCOCCOCCNC(=O)C(N)CC(=O)NCCOCCOCCOCCNC(=O)CCP(=O)(O)CC(CCC(=O)O)C(=O)O. The lowest BCUT2D eigenvalue weighted by Gasteiger charge is -2.16. The summed E-state index contributed by atoms with van der Waals surface area (Å²) in [6.45, 7) is 6.85. The zero-order valence-corrected chi connectivity index (χ0v) is 35.5. The Hall–Kier alpha value is -3.27. The molecular formula is C37H70N5O16P.